The Balaban J connectivity index is 2.10. The fraction of sp³-hybridized carbons (Fsp3) is 0.222. The van der Waals surface area contributed by atoms with Crippen molar-refractivity contribution >= 4 is 27.6 Å². The van der Waals surface area contributed by atoms with Crippen LogP contribution < -0.4 is 4.72 Å². The number of nitrogens with zero attached hydrogens (tertiary/aromatic N) is 1. The number of anilines is 1. The molecule has 0 bridgehead atoms. The predicted octanol–water partition coefficient (Wildman–Crippen LogP) is 2.12. The minimum atomic E-state index is -3.77. The Hall–Kier alpha value is -2.87. The molecule has 0 saturated heterocycles. The second kappa shape index (κ2) is 8.01. The lowest BCUT2D eigenvalue weighted by molar-refractivity contribution is -0.137. The number of hydrogen-bond acceptors (Lipinski definition) is 5. The highest BCUT2D eigenvalue weighted by Crippen LogP contribution is 2.17. The topological polar surface area (TPSA) is 92.8 Å². The molecule has 0 unspecified atom stereocenters. The average Bonchev–Trinajstić information content (AvgIpc) is 2.61. The maximum absolute atomic E-state index is 12.3. The average molecular weight is 376 g/mol. The van der Waals surface area contributed by atoms with Crippen molar-refractivity contribution in [1.82, 2.24) is 4.90 Å². The molecule has 0 aliphatic rings. The first-order valence-corrected chi connectivity index (χ1v) is 9.29. The van der Waals surface area contributed by atoms with E-state index in [1.165, 1.54) is 36.1 Å². The number of hydrogen-bond donors (Lipinski definition) is 1. The van der Waals surface area contributed by atoms with E-state index in [9.17, 15) is 18.0 Å². The molecule has 0 fully saturated rings. The molecule has 1 N–H and O–H groups in total. The summed E-state index contributed by atoms with van der Waals surface area (Å²) in [5.74, 6) is -1.04. The number of carbonyl (C=O) groups excluding carboxylic acids is 2. The Kier molecular flexibility index (Phi) is 5.99. The zero-order valence-corrected chi connectivity index (χ0v) is 15.5. The Morgan fingerprint density at radius 3 is 2.12 bits per heavy atom. The summed E-state index contributed by atoms with van der Waals surface area (Å²) < 4.78 is 32.2. The van der Waals surface area contributed by atoms with Gasteiger partial charge in [0.25, 0.3) is 15.9 Å². The van der Waals surface area contributed by atoms with Crippen LogP contribution in [0.25, 0.3) is 0 Å². The third kappa shape index (κ3) is 4.82. The Labute approximate surface area is 152 Å². The normalized spacial score (nSPS) is 12.1. The van der Waals surface area contributed by atoms with E-state index in [1.807, 2.05) is 0 Å². The molecule has 1 atom stereocenters. The first kappa shape index (κ1) is 19.5. The van der Waals surface area contributed by atoms with Gasteiger partial charge in [0.05, 0.1) is 10.5 Å². The molecule has 2 rings (SSSR count). The van der Waals surface area contributed by atoms with Crippen LogP contribution in [0.4, 0.5) is 5.69 Å². The van der Waals surface area contributed by atoms with E-state index in [4.69, 9.17) is 4.74 Å². The van der Waals surface area contributed by atoms with Crippen molar-refractivity contribution in [2.75, 3.05) is 18.8 Å². The van der Waals surface area contributed by atoms with Gasteiger partial charge >= 0.3 is 5.97 Å². The van der Waals surface area contributed by atoms with Crippen molar-refractivity contribution in [1.29, 1.82) is 0 Å². The minimum Gasteiger partial charge on any atom is -0.449 e. The maximum atomic E-state index is 12.3. The number of esters is 1. The first-order chi connectivity index (χ1) is 12.2. The van der Waals surface area contributed by atoms with Crippen LogP contribution >= 0.6 is 0 Å². The molecule has 8 heteroatoms. The summed E-state index contributed by atoms with van der Waals surface area (Å²) >= 11 is 0. The number of carbonyl (C=O) groups is 2. The van der Waals surface area contributed by atoms with Gasteiger partial charge in [-0.05, 0) is 43.3 Å². The monoisotopic (exact) mass is 376 g/mol. The van der Waals surface area contributed by atoms with Gasteiger partial charge in [0.1, 0.15) is 0 Å². The van der Waals surface area contributed by atoms with E-state index >= 15 is 0 Å². The lowest BCUT2D eigenvalue weighted by Gasteiger charge is -2.17. The summed E-state index contributed by atoms with van der Waals surface area (Å²) in [6.45, 7) is 1.48. The molecule has 0 heterocycles. The second-order valence-electron chi connectivity index (χ2n) is 5.78. The van der Waals surface area contributed by atoms with Crippen molar-refractivity contribution in [2.45, 2.75) is 17.9 Å². The number of rotatable bonds is 6. The number of para-hydroxylation sites is 1. The summed E-state index contributed by atoms with van der Waals surface area (Å²) in [6.07, 6.45) is -0.930. The van der Waals surface area contributed by atoms with Crippen molar-refractivity contribution in [3.05, 3.63) is 60.2 Å². The maximum Gasteiger partial charge on any atom is 0.338 e. The molecule has 2 aromatic carbocycles. The van der Waals surface area contributed by atoms with E-state index in [1.54, 1.807) is 44.4 Å². The van der Waals surface area contributed by atoms with Gasteiger partial charge in [-0.25, -0.2) is 13.2 Å². The summed E-state index contributed by atoms with van der Waals surface area (Å²) in [7, 11) is -0.643. The van der Waals surface area contributed by atoms with Gasteiger partial charge in [-0.15, -0.1) is 0 Å². The van der Waals surface area contributed by atoms with E-state index in [0.717, 1.165) is 0 Å². The number of likely N-dealkylation sites (N-methyl/N-ethyl adjacent to an activating group) is 1. The molecular weight excluding hydrogens is 356 g/mol. The van der Waals surface area contributed by atoms with Crippen molar-refractivity contribution in [3.8, 4) is 0 Å². The van der Waals surface area contributed by atoms with Crippen molar-refractivity contribution in [3.63, 3.8) is 0 Å². The summed E-state index contributed by atoms with van der Waals surface area (Å²) in [5.41, 5.74) is 0.592. The lowest BCUT2D eigenvalue weighted by atomic mass is 10.2. The standard InChI is InChI=1S/C18H20N2O5S/c1-13(17(21)20(2)3)25-18(22)14-9-11-16(12-10-14)26(23,24)19-15-7-5-4-6-8-15/h4-13,19H,1-3H3/t13-/m0/s1. The molecule has 0 saturated carbocycles. The van der Waals surface area contributed by atoms with Gasteiger partial charge in [-0.3, -0.25) is 9.52 Å². The Morgan fingerprint density at radius 1 is 1.00 bits per heavy atom. The first-order valence-electron chi connectivity index (χ1n) is 7.81. The molecule has 2 aromatic rings. The summed E-state index contributed by atoms with van der Waals surface area (Å²) in [4.78, 5) is 25.1. The minimum absolute atomic E-state index is 0.00956. The fourth-order valence-electron chi connectivity index (χ4n) is 2.13. The number of nitrogens with one attached hydrogen (secondary N) is 1. The predicted molar refractivity (Wildman–Crippen MR) is 97.3 cm³/mol. The molecule has 26 heavy (non-hydrogen) atoms. The molecule has 0 aromatic heterocycles. The van der Waals surface area contributed by atoms with Gasteiger partial charge in [0.2, 0.25) is 0 Å². The molecule has 0 aliphatic carbocycles. The molecule has 0 aliphatic heterocycles. The van der Waals surface area contributed by atoms with Crippen LogP contribution in [0.1, 0.15) is 17.3 Å². The molecule has 7 nitrogen and oxygen atoms in total. The summed E-state index contributed by atoms with van der Waals surface area (Å²) in [5, 5.41) is 0. The van der Waals surface area contributed by atoms with Crippen molar-refractivity contribution < 1.29 is 22.7 Å². The zero-order valence-electron chi connectivity index (χ0n) is 14.7. The SMILES string of the molecule is C[C@H](OC(=O)c1ccc(S(=O)(=O)Nc2ccccc2)cc1)C(=O)N(C)C. The molecule has 0 spiro atoms. The highest BCUT2D eigenvalue weighted by molar-refractivity contribution is 7.92. The highest BCUT2D eigenvalue weighted by Gasteiger charge is 2.21. The summed E-state index contributed by atoms with van der Waals surface area (Å²) in [6, 6.07) is 13.8. The van der Waals surface area contributed by atoms with Gasteiger partial charge in [0, 0.05) is 19.8 Å². The number of sulfonamides is 1. The van der Waals surface area contributed by atoms with Crippen LogP contribution in [-0.2, 0) is 19.6 Å². The van der Waals surface area contributed by atoms with Gasteiger partial charge < -0.3 is 9.64 Å². The van der Waals surface area contributed by atoms with Crippen LogP contribution in [0.2, 0.25) is 0 Å². The Bertz CT molecular complexity index is 878. The number of amides is 1. The van der Waals surface area contributed by atoms with E-state index in [-0.39, 0.29) is 16.4 Å². The van der Waals surface area contributed by atoms with Crippen LogP contribution in [0.3, 0.4) is 0 Å². The van der Waals surface area contributed by atoms with Gasteiger partial charge in [-0.2, -0.15) is 0 Å². The zero-order chi connectivity index (χ0) is 19.3. The van der Waals surface area contributed by atoms with E-state index in [0.29, 0.717) is 5.69 Å². The second-order valence-corrected chi connectivity index (χ2v) is 7.46. The molecule has 138 valence electrons. The largest absolute Gasteiger partial charge is 0.449 e. The van der Waals surface area contributed by atoms with Crippen molar-refractivity contribution in [2.24, 2.45) is 0 Å². The van der Waals surface area contributed by atoms with Crippen LogP contribution in [0.5, 0.6) is 0 Å². The van der Waals surface area contributed by atoms with Gasteiger partial charge in [0.15, 0.2) is 6.10 Å². The number of benzene rings is 2. The molecule has 0 radical (unpaired) electrons. The highest BCUT2D eigenvalue weighted by atomic mass is 32.2. The van der Waals surface area contributed by atoms with E-state index in [2.05, 4.69) is 4.72 Å². The molecule has 1 amide bonds. The van der Waals surface area contributed by atoms with Crippen LogP contribution in [0, 0.1) is 0 Å². The van der Waals surface area contributed by atoms with Crippen LogP contribution in [-0.4, -0.2) is 45.4 Å². The smallest absolute Gasteiger partial charge is 0.338 e. The van der Waals surface area contributed by atoms with E-state index < -0.39 is 22.1 Å². The van der Waals surface area contributed by atoms with Gasteiger partial charge in [-0.1, -0.05) is 18.2 Å². The lowest BCUT2D eigenvalue weighted by Crippen LogP contribution is -2.34. The third-order valence-electron chi connectivity index (χ3n) is 3.50. The fourth-order valence-corrected chi connectivity index (χ4v) is 3.19. The number of ether oxygens (including phenoxy) is 1. The quantitative estimate of drug-likeness (QED) is 0.780. The van der Waals surface area contributed by atoms with Crippen LogP contribution in [0.15, 0.2) is 59.5 Å². The Morgan fingerprint density at radius 2 is 1.58 bits per heavy atom. The molecular formula is C18H20N2O5S. The third-order valence-corrected chi connectivity index (χ3v) is 4.90.